The molecule has 10 aromatic carbocycles. The minimum atomic E-state index is 1.14. The molecule has 0 aliphatic carbocycles. The number of hydrogen-bond acceptors (Lipinski definition) is 1. The lowest BCUT2D eigenvalue weighted by Crippen LogP contribution is -2.18. The smallest absolute Gasteiger partial charge is 0.0783 e. The van der Waals surface area contributed by atoms with E-state index in [1.807, 2.05) is 0 Å². The monoisotopic (exact) mass is 788 g/mol. The molecule has 0 saturated carbocycles. The molecule has 0 fully saturated rings. The minimum absolute atomic E-state index is 1.14. The van der Waals surface area contributed by atoms with Crippen molar-refractivity contribution in [3.8, 4) is 28.2 Å². The lowest BCUT2D eigenvalue weighted by atomic mass is 9.98. The zero-order chi connectivity index (χ0) is 40.5. The van der Waals surface area contributed by atoms with Crippen LogP contribution in [0.2, 0.25) is 0 Å². The minimum Gasteiger partial charge on any atom is -0.309 e. The number of benzene rings is 10. The molecule has 62 heavy (non-hydrogen) atoms. The molecule has 0 bridgehead atoms. The van der Waals surface area contributed by atoms with E-state index in [4.69, 9.17) is 0 Å². The van der Waals surface area contributed by atoms with E-state index < -0.39 is 0 Å². The molecule has 0 amide bonds. The quantitative estimate of drug-likeness (QED) is 0.174. The lowest BCUT2D eigenvalue weighted by Gasteiger charge is -2.34. The Morgan fingerprint density at radius 3 is 1.42 bits per heavy atom. The highest BCUT2D eigenvalue weighted by molar-refractivity contribution is 6.21. The Bertz CT molecular complexity index is 3970. The Labute approximate surface area is 356 Å². The normalized spacial score (nSPS) is 12.5. The summed E-state index contributed by atoms with van der Waals surface area (Å²) < 4.78 is 7.37. The number of nitrogens with zero attached hydrogens (tertiary/aromatic N) is 4. The van der Waals surface area contributed by atoms with Crippen molar-refractivity contribution in [1.29, 1.82) is 0 Å². The van der Waals surface area contributed by atoms with E-state index in [2.05, 4.69) is 237 Å². The van der Waals surface area contributed by atoms with Crippen LogP contribution in [0.15, 0.2) is 218 Å². The van der Waals surface area contributed by atoms with Gasteiger partial charge in [-0.3, -0.25) is 0 Å². The molecule has 0 atom stereocenters. The first-order chi connectivity index (χ1) is 30.8. The van der Waals surface area contributed by atoms with Gasteiger partial charge in [0.25, 0.3) is 0 Å². The molecule has 3 aromatic heterocycles. The van der Waals surface area contributed by atoms with Gasteiger partial charge < -0.3 is 18.6 Å². The van der Waals surface area contributed by atoms with Gasteiger partial charge in [0.15, 0.2) is 0 Å². The summed E-state index contributed by atoms with van der Waals surface area (Å²) in [5, 5.41) is 9.92. The van der Waals surface area contributed by atoms with Crippen molar-refractivity contribution in [2.45, 2.75) is 0 Å². The van der Waals surface area contributed by atoms with Crippen molar-refractivity contribution in [2.24, 2.45) is 0 Å². The van der Waals surface area contributed by atoms with Gasteiger partial charge in [-0.2, -0.15) is 0 Å². The number of aromatic nitrogens is 3. The van der Waals surface area contributed by atoms with Gasteiger partial charge in [-0.05, 0) is 114 Å². The van der Waals surface area contributed by atoms with Crippen LogP contribution in [-0.2, 0) is 0 Å². The van der Waals surface area contributed by atoms with Crippen LogP contribution < -0.4 is 4.90 Å². The molecule has 0 N–H and O–H groups in total. The molecule has 288 valence electrons. The Morgan fingerprint density at radius 2 is 0.758 bits per heavy atom. The summed E-state index contributed by atoms with van der Waals surface area (Å²) >= 11 is 0. The molecule has 4 heteroatoms. The van der Waals surface area contributed by atoms with Gasteiger partial charge in [-0.15, -0.1) is 0 Å². The molecule has 1 aliphatic heterocycles. The Morgan fingerprint density at radius 1 is 0.258 bits per heavy atom. The van der Waals surface area contributed by atoms with Crippen LogP contribution in [0, 0.1) is 0 Å². The van der Waals surface area contributed by atoms with Gasteiger partial charge in [-0.25, -0.2) is 0 Å². The topological polar surface area (TPSA) is 18.0 Å². The van der Waals surface area contributed by atoms with Crippen molar-refractivity contribution in [1.82, 2.24) is 13.7 Å². The van der Waals surface area contributed by atoms with E-state index in [-0.39, 0.29) is 0 Å². The van der Waals surface area contributed by atoms with Crippen LogP contribution in [0.5, 0.6) is 0 Å². The number of para-hydroxylation sites is 6. The van der Waals surface area contributed by atoms with Crippen molar-refractivity contribution < 1.29 is 0 Å². The second-order valence-corrected chi connectivity index (χ2v) is 16.5. The second kappa shape index (κ2) is 12.6. The van der Waals surface area contributed by atoms with Gasteiger partial charge in [0.1, 0.15) is 0 Å². The van der Waals surface area contributed by atoms with Crippen molar-refractivity contribution in [3.05, 3.63) is 218 Å². The lowest BCUT2D eigenvalue weighted by molar-refractivity contribution is 1.12. The predicted octanol–water partition coefficient (Wildman–Crippen LogP) is 15.6. The van der Waals surface area contributed by atoms with Crippen molar-refractivity contribution in [3.63, 3.8) is 0 Å². The van der Waals surface area contributed by atoms with E-state index >= 15 is 0 Å². The number of hydrogen-bond donors (Lipinski definition) is 0. The van der Waals surface area contributed by atoms with E-state index in [0.29, 0.717) is 0 Å². The summed E-state index contributed by atoms with van der Waals surface area (Å²) in [4.78, 5) is 2.45. The van der Waals surface area contributed by atoms with E-state index in [0.717, 1.165) is 17.1 Å². The SMILES string of the molecule is c1ccc(N2c3ccc4cc5c6cc(-c7ccc8c(c7)c7ccccc7n8-c7ccccc7)ccc6n(-c6ccccc6)c5cc4c3-n3c4ccccc4c4cccc2c43)cc1. The maximum Gasteiger partial charge on any atom is 0.0783 e. The fraction of sp³-hybridized carbons (Fsp3) is 0. The zero-order valence-corrected chi connectivity index (χ0v) is 33.6. The number of rotatable bonds is 4. The number of fused-ring (bicyclic) bond motifs is 13. The van der Waals surface area contributed by atoms with Gasteiger partial charge in [0.2, 0.25) is 0 Å². The first kappa shape index (κ1) is 33.5. The summed E-state index contributed by atoms with van der Waals surface area (Å²) in [6.07, 6.45) is 0. The van der Waals surface area contributed by atoms with Crippen LogP contribution in [-0.4, -0.2) is 13.7 Å². The Kier molecular flexibility index (Phi) is 6.80. The summed E-state index contributed by atoms with van der Waals surface area (Å²) in [7, 11) is 0. The fourth-order valence-electron chi connectivity index (χ4n) is 10.7. The van der Waals surface area contributed by atoms with Crippen LogP contribution in [0.4, 0.5) is 17.1 Å². The summed E-state index contributed by atoms with van der Waals surface area (Å²) in [6.45, 7) is 0. The van der Waals surface area contributed by atoms with E-state index in [9.17, 15) is 0 Å². The van der Waals surface area contributed by atoms with Gasteiger partial charge >= 0.3 is 0 Å². The highest BCUT2D eigenvalue weighted by atomic mass is 15.2. The summed E-state index contributed by atoms with van der Waals surface area (Å²) in [5.74, 6) is 0. The summed E-state index contributed by atoms with van der Waals surface area (Å²) in [5.41, 5.74) is 16.6. The van der Waals surface area contributed by atoms with E-state index in [1.54, 1.807) is 0 Å². The van der Waals surface area contributed by atoms with Crippen molar-refractivity contribution >= 4 is 93.3 Å². The molecule has 0 saturated heterocycles. The average Bonchev–Trinajstić information content (AvgIpc) is 3.97. The fourth-order valence-corrected chi connectivity index (χ4v) is 10.7. The first-order valence-electron chi connectivity index (χ1n) is 21.4. The molecule has 4 nitrogen and oxygen atoms in total. The molecular formula is C58H36N4. The molecular weight excluding hydrogens is 753 g/mol. The highest BCUT2D eigenvalue weighted by Gasteiger charge is 2.30. The Hall–Kier alpha value is -8.34. The second-order valence-electron chi connectivity index (χ2n) is 16.5. The molecule has 0 radical (unpaired) electrons. The largest absolute Gasteiger partial charge is 0.309 e. The third-order valence-electron chi connectivity index (χ3n) is 13.3. The first-order valence-corrected chi connectivity index (χ1v) is 21.4. The molecule has 0 spiro atoms. The van der Waals surface area contributed by atoms with Crippen LogP contribution in [0.1, 0.15) is 0 Å². The van der Waals surface area contributed by atoms with E-state index in [1.165, 1.54) is 104 Å². The highest BCUT2D eigenvalue weighted by Crippen LogP contribution is 2.52. The Balaban J connectivity index is 1.04. The molecule has 14 rings (SSSR count). The third kappa shape index (κ3) is 4.55. The number of anilines is 3. The molecule has 13 aromatic rings. The third-order valence-corrected chi connectivity index (χ3v) is 13.3. The van der Waals surface area contributed by atoms with Crippen molar-refractivity contribution in [2.75, 3.05) is 4.90 Å². The predicted molar refractivity (Wildman–Crippen MR) is 261 cm³/mol. The van der Waals surface area contributed by atoms with Crippen LogP contribution >= 0.6 is 0 Å². The van der Waals surface area contributed by atoms with Gasteiger partial charge in [0, 0.05) is 54.8 Å². The molecule has 1 aliphatic rings. The summed E-state index contributed by atoms with van der Waals surface area (Å²) in [6, 6.07) is 80.3. The molecule has 0 unspecified atom stereocenters. The van der Waals surface area contributed by atoms with Gasteiger partial charge in [-0.1, -0.05) is 121 Å². The standard InChI is InChI=1S/C58H36N4/c1-4-15-40(16-5-1)59-50-24-12-11-22-44(50)47-33-37(27-30-52(47)59)38-28-31-53-48(34-38)49-35-39-29-32-55-58(46(39)36-56(49)60(53)41-17-6-2-7-18-41)62-51-25-13-10-21-43(51)45-23-14-26-54(57(45)62)61(55)42-19-8-3-9-20-42/h1-36H. The zero-order valence-electron chi connectivity index (χ0n) is 33.6. The molecule has 4 heterocycles. The van der Waals surface area contributed by atoms with Crippen LogP contribution in [0.25, 0.3) is 104 Å². The van der Waals surface area contributed by atoms with Gasteiger partial charge in [0.05, 0.1) is 50.2 Å². The maximum absolute atomic E-state index is 2.53. The average molecular weight is 789 g/mol. The van der Waals surface area contributed by atoms with Crippen LogP contribution in [0.3, 0.4) is 0 Å². The maximum atomic E-state index is 2.53.